The lowest BCUT2D eigenvalue weighted by molar-refractivity contribution is -0.147. The summed E-state index contributed by atoms with van der Waals surface area (Å²) in [6.07, 6.45) is -0.694. The molecule has 0 bridgehead atoms. The minimum Gasteiger partial charge on any atom is -0.444 e. The van der Waals surface area contributed by atoms with E-state index in [1.54, 1.807) is 45.0 Å². The van der Waals surface area contributed by atoms with Crippen LogP contribution in [0.5, 0.6) is 0 Å². The highest BCUT2D eigenvalue weighted by Gasteiger charge is 2.23. The molecule has 2 rings (SSSR count). The molecule has 2 aromatic rings. The van der Waals surface area contributed by atoms with Crippen molar-refractivity contribution < 1.29 is 19.2 Å². The number of alkyl carbamates (subject to hydrolysis) is 1. The van der Waals surface area contributed by atoms with Crippen molar-refractivity contribution in [1.29, 1.82) is 0 Å². The highest BCUT2D eigenvalue weighted by Crippen LogP contribution is 2.09. The van der Waals surface area contributed by atoms with Crippen LogP contribution in [0.3, 0.4) is 0 Å². The van der Waals surface area contributed by atoms with Crippen LogP contribution in [-0.2, 0) is 9.53 Å². The fourth-order valence-corrected chi connectivity index (χ4v) is 1.62. The first-order chi connectivity index (χ1) is 10.3. The number of hydrogen-bond acceptors (Lipinski definition) is 6. The van der Waals surface area contributed by atoms with Gasteiger partial charge in [-0.15, -0.1) is 5.10 Å². The van der Waals surface area contributed by atoms with Gasteiger partial charge in [-0.2, -0.15) is 0 Å². The Morgan fingerprint density at radius 1 is 1.27 bits per heavy atom. The number of para-hydroxylation sites is 1. The van der Waals surface area contributed by atoms with Gasteiger partial charge in [0.25, 0.3) is 0 Å². The maximum absolute atomic E-state index is 12.0. The molecule has 1 aromatic heterocycles. The summed E-state index contributed by atoms with van der Waals surface area (Å²) in [4.78, 5) is 29.7. The van der Waals surface area contributed by atoms with Crippen molar-refractivity contribution >= 4 is 23.1 Å². The second-order valence-electron chi connectivity index (χ2n) is 5.73. The monoisotopic (exact) mass is 306 g/mol. The predicted octanol–water partition coefficient (Wildman–Crippen LogP) is 1.30. The minimum absolute atomic E-state index is 0.556. The number of nitrogens with one attached hydrogen (secondary N) is 1. The number of hydrogen-bond donors (Lipinski definition) is 1. The fourth-order valence-electron chi connectivity index (χ4n) is 1.62. The molecule has 0 fully saturated rings. The van der Waals surface area contributed by atoms with Crippen LogP contribution >= 0.6 is 0 Å². The molecule has 118 valence electrons. The van der Waals surface area contributed by atoms with Crippen molar-refractivity contribution in [3.8, 4) is 0 Å². The summed E-state index contributed by atoms with van der Waals surface area (Å²) in [5, 5.41) is 10.00. The summed E-state index contributed by atoms with van der Waals surface area (Å²) in [7, 11) is 0. The topological polar surface area (TPSA) is 95.3 Å². The molecule has 0 saturated carbocycles. The van der Waals surface area contributed by atoms with E-state index >= 15 is 0 Å². The van der Waals surface area contributed by atoms with E-state index in [4.69, 9.17) is 9.57 Å². The Balaban J connectivity index is 1.98. The van der Waals surface area contributed by atoms with E-state index in [1.807, 2.05) is 0 Å². The molecule has 0 aliphatic carbocycles. The summed E-state index contributed by atoms with van der Waals surface area (Å²) in [6, 6.07) is 6.15. The predicted molar refractivity (Wildman–Crippen MR) is 77.9 cm³/mol. The van der Waals surface area contributed by atoms with E-state index in [0.717, 1.165) is 4.85 Å². The first-order valence-electron chi connectivity index (χ1n) is 6.78. The average Bonchev–Trinajstić information content (AvgIpc) is 2.80. The van der Waals surface area contributed by atoms with Crippen molar-refractivity contribution in [1.82, 2.24) is 20.5 Å². The number of rotatable bonds is 3. The summed E-state index contributed by atoms with van der Waals surface area (Å²) >= 11 is 0. The molecule has 1 aromatic carbocycles. The Hall–Kier alpha value is -2.64. The molecule has 0 unspecified atom stereocenters. The molecule has 8 nitrogen and oxygen atoms in total. The first kappa shape index (κ1) is 15.7. The Labute approximate surface area is 127 Å². The number of benzene rings is 1. The standard InChI is InChI=1S/C14H18N4O4/c1-9(15-13(20)21-14(2,3)4)12(19)22-18-11-8-6-5-7-10(11)16-17-18/h5-9H,1-4H3,(H,15,20)/t9-/m0/s1. The van der Waals surface area contributed by atoms with Gasteiger partial charge in [-0.25, -0.2) is 9.59 Å². The average molecular weight is 306 g/mol. The lowest BCUT2D eigenvalue weighted by atomic mass is 10.2. The van der Waals surface area contributed by atoms with Crippen LogP contribution in [0.15, 0.2) is 24.3 Å². The van der Waals surface area contributed by atoms with Crippen molar-refractivity contribution in [3.05, 3.63) is 24.3 Å². The van der Waals surface area contributed by atoms with Crippen LogP contribution in [-0.4, -0.2) is 38.9 Å². The third-order valence-electron chi connectivity index (χ3n) is 2.58. The highest BCUT2D eigenvalue weighted by atomic mass is 16.7. The molecule has 1 amide bonds. The fraction of sp³-hybridized carbons (Fsp3) is 0.429. The molecular weight excluding hydrogens is 288 g/mol. The van der Waals surface area contributed by atoms with Crippen LogP contribution in [0, 0.1) is 0 Å². The van der Waals surface area contributed by atoms with Crippen LogP contribution in [0.2, 0.25) is 0 Å². The largest absolute Gasteiger partial charge is 0.444 e. The van der Waals surface area contributed by atoms with Gasteiger partial charge < -0.3 is 14.9 Å². The summed E-state index contributed by atoms with van der Waals surface area (Å²) in [5.74, 6) is -0.679. The number of fused-ring (bicyclic) bond motifs is 1. The van der Waals surface area contributed by atoms with E-state index < -0.39 is 23.7 Å². The second-order valence-corrected chi connectivity index (χ2v) is 5.73. The molecule has 0 saturated heterocycles. The Morgan fingerprint density at radius 3 is 2.64 bits per heavy atom. The van der Waals surface area contributed by atoms with Crippen molar-refractivity contribution in [2.45, 2.75) is 39.3 Å². The Bertz CT molecular complexity index is 689. The number of nitrogens with zero attached hydrogens (tertiary/aromatic N) is 3. The van der Waals surface area contributed by atoms with Crippen molar-refractivity contribution in [2.75, 3.05) is 0 Å². The quantitative estimate of drug-likeness (QED) is 0.859. The number of ether oxygens (including phenoxy) is 1. The summed E-state index contributed by atoms with van der Waals surface area (Å²) in [6.45, 7) is 6.69. The highest BCUT2D eigenvalue weighted by molar-refractivity contribution is 5.82. The van der Waals surface area contributed by atoms with E-state index in [-0.39, 0.29) is 0 Å². The van der Waals surface area contributed by atoms with Crippen LogP contribution in [0.25, 0.3) is 11.0 Å². The number of amides is 1. The molecule has 8 heteroatoms. The molecule has 0 spiro atoms. The van der Waals surface area contributed by atoms with Crippen LogP contribution in [0.1, 0.15) is 27.7 Å². The number of carbonyl (C=O) groups is 2. The normalized spacial score (nSPS) is 12.7. The zero-order valence-electron chi connectivity index (χ0n) is 12.9. The lowest BCUT2D eigenvalue weighted by Crippen LogP contribution is -2.45. The molecule has 0 aliphatic rings. The summed E-state index contributed by atoms with van der Waals surface area (Å²) in [5.41, 5.74) is 0.513. The van der Waals surface area contributed by atoms with Gasteiger partial charge in [0.1, 0.15) is 22.7 Å². The van der Waals surface area contributed by atoms with Crippen molar-refractivity contribution in [2.24, 2.45) is 0 Å². The van der Waals surface area contributed by atoms with Crippen molar-refractivity contribution in [3.63, 3.8) is 0 Å². The first-order valence-corrected chi connectivity index (χ1v) is 6.78. The Morgan fingerprint density at radius 2 is 1.95 bits per heavy atom. The molecule has 22 heavy (non-hydrogen) atoms. The molecule has 0 aliphatic heterocycles. The van der Waals surface area contributed by atoms with Gasteiger partial charge in [0.15, 0.2) is 0 Å². The van der Waals surface area contributed by atoms with E-state index in [9.17, 15) is 9.59 Å². The van der Waals surface area contributed by atoms with E-state index in [0.29, 0.717) is 11.0 Å². The van der Waals surface area contributed by atoms with Crippen LogP contribution in [0.4, 0.5) is 4.79 Å². The van der Waals surface area contributed by atoms with Gasteiger partial charge >= 0.3 is 12.1 Å². The third kappa shape index (κ3) is 3.94. The SMILES string of the molecule is C[C@H](NC(=O)OC(C)(C)C)C(=O)On1nnc2ccccc21. The number of aromatic nitrogens is 3. The number of carbonyl (C=O) groups excluding carboxylic acids is 2. The molecule has 1 atom stereocenters. The molecular formula is C14H18N4O4. The van der Waals surface area contributed by atoms with Gasteiger partial charge in [-0.1, -0.05) is 17.0 Å². The maximum Gasteiger partial charge on any atom is 0.408 e. The maximum atomic E-state index is 12.0. The zero-order valence-corrected chi connectivity index (χ0v) is 12.9. The summed E-state index contributed by atoms with van der Waals surface area (Å²) < 4.78 is 5.07. The van der Waals surface area contributed by atoms with Gasteiger partial charge in [-0.05, 0) is 45.0 Å². The van der Waals surface area contributed by atoms with Gasteiger partial charge in [0, 0.05) is 0 Å². The Kier molecular flexibility index (Phi) is 4.30. The van der Waals surface area contributed by atoms with Gasteiger partial charge in [0.05, 0.1) is 0 Å². The lowest BCUT2D eigenvalue weighted by Gasteiger charge is -2.21. The van der Waals surface area contributed by atoms with Gasteiger partial charge in [0.2, 0.25) is 0 Å². The van der Waals surface area contributed by atoms with Crippen LogP contribution < -0.4 is 10.2 Å². The van der Waals surface area contributed by atoms with E-state index in [2.05, 4.69) is 15.6 Å². The van der Waals surface area contributed by atoms with E-state index in [1.165, 1.54) is 6.92 Å². The second kappa shape index (κ2) is 6.00. The molecule has 0 radical (unpaired) electrons. The molecule has 1 heterocycles. The minimum atomic E-state index is -0.891. The third-order valence-corrected chi connectivity index (χ3v) is 2.58. The zero-order chi connectivity index (χ0) is 16.3. The molecule has 1 N–H and O–H groups in total. The smallest absolute Gasteiger partial charge is 0.408 e. The van der Waals surface area contributed by atoms with Gasteiger partial charge in [-0.3, -0.25) is 0 Å².